The molecule has 0 amide bonds. The van der Waals surface area contributed by atoms with E-state index >= 15 is 0 Å². The van der Waals surface area contributed by atoms with Crippen molar-refractivity contribution in [1.82, 2.24) is 4.98 Å². The molecule has 170 valence electrons. The first-order chi connectivity index (χ1) is 14.9. The zero-order valence-corrected chi connectivity index (χ0v) is 19.2. The number of aromatic nitrogens is 1. The molecule has 1 heterocycles. The van der Waals surface area contributed by atoms with Gasteiger partial charge in [0.05, 0.1) is 33.9 Å². The van der Waals surface area contributed by atoms with Gasteiger partial charge >= 0.3 is 11.9 Å². The summed E-state index contributed by atoms with van der Waals surface area (Å²) in [7, 11) is 4.55. The van der Waals surface area contributed by atoms with Gasteiger partial charge < -0.3 is 23.9 Å². The van der Waals surface area contributed by atoms with Gasteiger partial charge in [-0.25, -0.2) is 0 Å². The van der Waals surface area contributed by atoms with Crippen molar-refractivity contribution in [3.05, 3.63) is 47.3 Å². The van der Waals surface area contributed by atoms with E-state index in [1.54, 1.807) is 27.3 Å². The average molecular weight is 432 g/mol. The molecule has 0 bridgehead atoms. The third-order valence-electron chi connectivity index (χ3n) is 5.76. The van der Waals surface area contributed by atoms with E-state index in [-0.39, 0.29) is 12.4 Å². The van der Waals surface area contributed by atoms with Crippen LogP contribution < -0.4 is 9.47 Å². The molecule has 0 aliphatic carbocycles. The van der Waals surface area contributed by atoms with Crippen LogP contribution in [-0.2, 0) is 30.9 Å². The van der Waals surface area contributed by atoms with Crippen molar-refractivity contribution in [3.63, 3.8) is 0 Å². The fraction of sp³-hybridized carbons (Fsp3) is 0.500. The van der Waals surface area contributed by atoms with Crippen LogP contribution in [0.4, 0.5) is 0 Å². The zero-order chi connectivity index (χ0) is 23.0. The first kappa shape index (κ1) is 24.3. The molecule has 1 aromatic heterocycles. The Morgan fingerprint density at radius 1 is 1.10 bits per heavy atom. The van der Waals surface area contributed by atoms with Crippen molar-refractivity contribution in [3.8, 4) is 11.5 Å². The summed E-state index contributed by atoms with van der Waals surface area (Å²) in [6, 6.07) is 7.49. The number of H-pyrrole nitrogens is 1. The Bertz CT molecular complexity index is 851. The Hall–Kier alpha value is -2.96. The predicted octanol–water partition coefficient (Wildman–Crippen LogP) is 4.15. The minimum atomic E-state index is -0.771. The number of carbonyl (C=O) groups excluding carboxylic acids is 2. The molecule has 2 aromatic rings. The highest BCUT2D eigenvalue weighted by atomic mass is 16.5. The first-order valence-corrected chi connectivity index (χ1v) is 10.5. The van der Waals surface area contributed by atoms with Crippen LogP contribution >= 0.6 is 0 Å². The van der Waals surface area contributed by atoms with Crippen molar-refractivity contribution in [1.29, 1.82) is 0 Å². The third kappa shape index (κ3) is 5.21. The van der Waals surface area contributed by atoms with Crippen LogP contribution in [0.15, 0.2) is 30.5 Å². The normalized spacial score (nSPS) is 13.7. The number of aromatic amines is 1. The van der Waals surface area contributed by atoms with Crippen molar-refractivity contribution in [2.75, 3.05) is 27.9 Å². The van der Waals surface area contributed by atoms with Gasteiger partial charge in [0.1, 0.15) is 11.5 Å². The molecule has 0 aliphatic heterocycles. The van der Waals surface area contributed by atoms with Gasteiger partial charge in [0.15, 0.2) is 0 Å². The van der Waals surface area contributed by atoms with E-state index in [1.807, 2.05) is 38.1 Å². The Morgan fingerprint density at radius 3 is 2.19 bits per heavy atom. The van der Waals surface area contributed by atoms with Crippen LogP contribution in [0.5, 0.6) is 11.5 Å². The number of carbonyl (C=O) groups is 2. The number of hydrogen-bond donors (Lipinski definition) is 1. The van der Waals surface area contributed by atoms with Crippen molar-refractivity contribution in [2.24, 2.45) is 0 Å². The largest absolute Gasteiger partial charge is 0.496 e. The van der Waals surface area contributed by atoms with E-state index in [2.05, 4.69) is 4.98 Å². The maximum Gasteiger partial charge on any atom is 0.314 e. The van der Waals surface area contributed by atoms with Gasteiger partial charge in [-0.1, -0.05) is 13.8 Å². The fourth-order valence-electron chi connectivity index (χ4n) is 4.12. The molecule has 7 nitrogen and oxygen atoms in total. The number of rotatable bonds is 11. The summed E-state index contributed by atoms with van der Waals surface area (Å²) in [6.45, 7) is 6.05. The van der Waals surface area contributed by atoms with Gasteiger partial charge in [-0.05, 0) is 49.6 Å². The molecule has 0 fully saturated rings. The zero-order valence-electron chi connectivity index (χ0n) is 19.2. The second-order valence-corrected chi connectivity index (χ2v) is 7.52. The number of nitrogens with one attached hydrogen (secondary N) is 1. The lowest BCUT2D eigenvalue weighted by Crippen LogP contribution is -2.37. The Labute approximate surface area is 184 Å². The summed E-state index contributed by atoms with van der Waals surface area (Å²) in [5.41, 5.74) is 1.67. The summed E-state index contributed by atoms with van der Waals surface area (Å²) < 4.78 is 21.5. The molecule has 2 unspecified atom stereocenters. The Balaban J connectivity index is 2.65. The lowest BCUT2D eigenvalue weighted by molar-refractivity contribution is -0.147. The summed E-state index contributed by atoms with van der Waals surface area (Å²) >= 11 is 0. The molecule has 2 atom stereocenters. The minimum absolute atomic E-state index is 0.165. The molecule has 0 saturated carbocycles. The molecule has 1 N–H and O–H groups in total. The third-order valence-corrected chi connectivity index (χ3v) is 5.76. The highest BCUT2D eigenvalue weighted by Gasteiger charge is 2.44. The summed E-state index contributed by atoms with van der Waals surface area (Å²) in [5.74, 6) is -0.135. The van der Waals surface area contributed by atoms with Gasteiger partial charge in [-0.15, -0.1) is 0 Å². The second-order valence-electron chi connectivity index (χ2n) is 7.52. The number of esters is 2. The molecule has 0 spiro atoms. The highest BCUT2D eigenvalue weighted by molar-refractivity contribution is 5.81. The number of methoxy groups -OCH3 is 3. The van der Waals surface area contributed by atoms with E-state index in [0.29, 0.717) is 36.5 Å². The van der Waals surface area contributed by atoms with Gasteiger partial charge in [0.25, 0.3) is 0 Å². The quantitative estimate of drug-likeness (QED) is 0.538. The van der Waals surface area contributed by atoms with E-state index < -0.39 is 17.3 Å². The van der Waals surface area contributed by atoms with Crippen LogP contribution in [0.3, 0.4) is 0 Å². The molecule has 31 heavy (non-hydrogen) atoms. The lowest BCUT2D eigenvalue weighted by atomic mass is 9.68. The molecular weight excluding hydrogens is 398 g/mol. The molecular formula is C24H33NO6. The average Bonchev–Trinajstić information content (AvgIpc) is 3.32. The minimum Gasteiger partial charge on any atom is -0.496 e. The predicted molar refractivity (Wildman–Crippen MR) is 118 cm³/mol. The summed E-state index contributed by atoms with van der Waals surface area (Å²) in [6.07, 6.45) is 3.06. The van der Waals surface area contributed by atoms with Crippen LogP contribution in [-0.4, -0.2) is 44.9 Å². The second kappa shape index (κ2) is 10.9. The van der Waals surface area contributed by atoms with Gasteiger partial charge in [0, 0.05) is 29.3 Å². The summed E-state index contributed by atoms with van der Waals surface area (Å²) in [4.78, 5) is 28.5. The van der Waals surface area contributed by atoms with Crippen LogP contribution in [0.25, 0.3) is 0 Å². The molecule has 0 radical (unpaired) electrons. The van der Waals surface area contributed by atoms with E-state index in [0.717, 1.165) is 11.3 Å². The molecule has 1 aromatic carbocycles. The standard InChI is InChI=1S/C24H33NO6/c1-7-17-18(28-4)14-16(15-19(17)29-5)22(23(27)30-6)24(3,20-10-9-13-25-20)12-11-21(26)31-8-2/h9-10,13-15,22,25H,7-8,11-12H2,1-6H3. The number of hydrogen-bond acceptors (Lipinski definition) is 6. The van der Waals surface area contributed by atoms with Crippen molar-refractivity contribution in [2.45, 2.75) is 51.4 Å². The highest BCUT2D eigenvalue weighted by Crippen LogP contribution is 2.45. The maximum atomic E-state index is 13.1. The van der Waals surface area contributed by atoms with E-state index in [1.165, 1.54) is 7.11 Å². The smallest absolute Gasteiger partial charge is 0.314 e. The van der Waals surface area contributed by atoms with Crippen LogP contribution in [0.1, 0.15) is 56.4 Å². The number of benzene rings is 1. The Morgan fingerprint density at radius 2 is 1.74 bits per heavy atom. The van der Waals surface area contributed by atoms with Crippen molar-refractivity contribution < 1.29 is 28.5 Å². The van der Waals surface area contributed by atoms with Gasteiger partial charge in [0.2, 0.25) is 0 Å². The van der Waals surface area contributed by atoms with Gasteiger partial charge in [-0.2, -0.15) is 0 Å². The van der Waals surface area contributed by atoms with E-state index in [4.69, 9.17) is 18.9 Å². The molecule has 7 heteroatoms. The topological polar surface area (TPSA) is 86.9 Å². The van der Waals surface area contributed by atoms with Crippen molar-refractivity contribution >= 4 is 11.9 Å². The maximum absolute atomic E-state index is 13.1. The van der Waals surface area contributed by atoms with Crippen LogP contribution in [0, 0.1) is 0 Å². The molecule has 0 aliphatic rings. The lowest BCUT2D eigenvalue weighted by Gasteiger charge is -2.36. The fourth-order valence-corrected chi connectivity index (χ4v) is 4.12. The van der Waals surface area contributed by atoms with Crippen LogP contribution in [0.2, 0.25) is 0 Å². The molecule has 2 rings (SSSR count). The summed E-state index contributed by atoms with van der Waals surface area (Å²) in [5, 5.41) is 0. The first-order valence-electron chi connectivity index (χ1n) is 10.5. The molecule has 0 saturated heterocycles. The monoisotopic (exact) mass is 431 g/mol. The Kier molecular flexibility index (Phi) is 8.54. The van der Waals surface area contributed by atoms with Gasteiger partial charge in [-0.3, -0.25) is 9.59 Å². The number of ether oxygens (including phenoxy) is 4. The van der Waals surface area contributed by atoms with E-state index in [9.17, 15) is 9.59 Å². The SMILES string of the molecule is CCOC(=O)CCC(C)(c1ccc[nH]1)C(C(=O)OC)c1cc(OC)c(CC)c(OC)c1.